The third-order valence-corrected chi connectivity index (χ3v) is 4.41. The monoisotopic (exact) mass is 322 g/mol. The van der Waals surface area contributed by atoms with Crippen LogP contribution in [0.5, 0.6) is 0 Å². The quantitative estimate of drug-likeness (QED) is 0.387. The molecular weight excluding hydrogens is 311 g/mol. The minimum absolute atomic E-state index is 0.147. The second-order valence-corrected chi connectivity index (χ2v) is 6.24. The highest BCUT2D eigenvalue weighted by Crippen LogP contribution is 2.38. The summed E-state index contributed by atoms with van der Waals surface area (Å²) in [7, 11) is -1.04. The molecule has 0 aliphatic rings. The van der Waals surface area contributed by atoms with Crippen LogP contribution in [0.2, 0.25) is 5.02 Å². The van der Waals surface area contributed by atoms with Crippen molar-refractivity contribution < 1.29 is 18.7 Å². The van der Waals surface area contributed by atoms with Gasteiger partial charge in [-0.3, -0.25) is 18.6 Å². The van der Waals surface area contributed by atoms with E-state index in [0.717, 1.165) is 16.9 Å². The predicted octanol–water partition coefficient (Wildman–Crippen LogP) is 2.55. The molecule has 9 heteroatoms. The number of carboxylic acid groups (broad SMARTS) is 1. The SMILES string of the molecule is CP(NCC(=O)O)OSc1ccc(NC=O)c(Cl)c1. The molecule has 1 aromatic rings. The van der Waals surface area contributed by atoms with Gasteiger partial charge in [-0.15, -0.1) is 0 Å². The van der Waals surface area contributed by atoms with Crippen molar-refractivity contribution in [3.05, 3.63) is 23.2 Å². The number of hydrogen-bond acceptors (Lipinski definition) is 5. The molecule has 3 N–H and O–H groups in total. The summed E-state index contributed by atoms with van der Waals surface area (Å²) in [5, 5.41) is 14.1. The first-order valence-electron chi connectivity index (χ1n) is 5.06. The average molecular weight is 323 g/mol. The molecule has 0 aliphatic carbocycles. The summed E-state index contributed by atoms with van der Waals surface area (Å²) in [4.78, 5) is 21.4. The Kier molecular flexibility index (Phi) is 7.12. The van der Waals surface area contributed by atoms with E-state index in [-0.39, 0.29) is 6.54 Å². The molecule has 0 fully saturated rings. The molecule has 0 spiro atoms. The minimum Gasteiger partial charge on any atom is -0.480 e. The lowest BCUT2D eigenvalue weighted by Gasteiger charge is -2.11. The summed E-state index contributed by atoms with van der Waals surface area (Å²) in [6.45, 7) is 1.61. The molecule has 0 radical (unpaired) electrons. The predicted molar refractivity (Wildman–Crippen MR) is 76.6 cm³/mol. The summed E-state index contributed by atoms with van der Waals surface area (Å²) in [6.07, 6.45) is 0.547. The standard InChI is InChI=1S/C10H12ClN2O4PS/c1-18(13-5-10(15)16)17-19-7-2-3-9(12-6-14)8(11)4-7/h2-4,6,13H,5H2,1H3,(H,12,14)(H,15,16). The lowest BCUT2D eigenvalue weighted by Crippen LogP contribution is -2.17. The van der Waals surface area contributed by atoms with Gasteiger partial charge in [0, 0.05) is 16.9 Å². The zero-order chi connectivity index (χ0) is 14.3. The zero-order valence-electron chi connectivity index (χ0n) is 9.92. The molecule has 1 atom stereocenters. The van der Waals surface area contributed by atoms with Crippen LogP contribution in [0.1, 0.15) is 0 Å². The summed E-state index contributed by atoms with van der Waals surface area (Å²) in [5.74, 6) is -0.935. The number of aliphatic carboxylic acids is 1. The smallest absolute Gasteiger partial charge is 0.317 e. The van der Waals surface area contributed by atoms with Crippen molar-refractivity contribution in [3.8, 4) is 0 Å². The molecule has 1 rings (SSSR count). The van der Waals surface area contributed by atoms with E-state index in [1.807, 2.05) is 0 Å². The second kappa shape index (κ2) is 8.35. The molecule has 1 unspecified atom stereocenters. The number of amides is 1. The zero-order valence-corrected chi connectivity index (χ0v) is 12.4. The Morgan fingerprint density at radius 3 is 2.95 bits per heavy atom. The Balaban J connectivity index is 2.47. The number of carboxylic acids is 1. The van der Waals surface area contributed by atoms with Gasteiger partial charge in [0.1, 0.15) is 8.30 Å². The molecule has 19 heavy (non-hydrogen) atoms. The van der Waals surface area contributed by atoms with Crippen LogP contribution >= 0.6 is 31.9 Å². The van der Waals surface area contributed by atoms with Gasteiger partial charge >= 0.3 is 5.97 Å². The van der Waals surface area contributed by atoms with Gasteiger partial charge in [-0.05, 0) is 24.9 Å². The molecule has 6 nitrogen and oxygen atoms in total. The second-order valence-electron chi connectivity index (χ2n) is 3.29. The first kappa shape index (κ1) is 16.2. The molecule has 0 aromatic heterocycles. The summed E-state index contributed by atoms with van der Waals surface area (Å²) in [5.41, 5.74) is 0.517. The van der Waals surface area contributed by atoms with Crippen LogP contribution in [0.4, 0.5) is 5.69 Å². The van der Waals surface area contributed by atoms with Gasteiger partial charge in [0.2, 0.25) is 6.41 Å². The van der Waals surface area contributed by atoms with Crippen LogP contribution in [0.15, 0.2) is 23.1 Å². The van der Waals surface area contributed by atoms with Crippen LogP contribution < -0.4 is 10.4 Å². The average Bonchev–Trinajstić information content (AvgIpc) is 2.37. The molecule has 1 amide bonds. The van der Waals surface area contributed by atoms with Crippen LogP contribution in [-0.4, -0.2) is 30.7 Å². The van der Waals surface area contributed by atoms with Crippen molar-refractivity contribution in [1.82, 2.24) is 5.09 Å². The molecule has 0 saturated heterocycles. The summed E-state index contributed by atoms with van der Waals surface area (Å²) < 4.78 is 5.39. The number of carbonyl (C=O) groups is 2. The van der Waals surface area contributed by atoms with Gasteiger partial charge < -0.3 is 10.4 Å². The van der Waals surface area contributed by atoms with E-state index < -0.39 is 14.3 Å². The van der Waals surface area contributed by atoms with Gasteiger partial charge in [-0.25, -0.2) is 0 Å². The number of halogens is 1. The highest BCUT2D eigenvalue weighted by molar-refractivity contribution is 7.98. The van der Waals surface area contributed by atoms with Crippen LogP contribution in [0.3, 0.4) is 0 Å². The number of benzene rings is 1. The van der Waals surface area contributed by atoms with Gasteiger partial charge in [-0.2, -0.15) is 0 Å². The molecule has 0 aliphatic heterocycles. The normalized spacial score (nSPS) is 11.9. The van der Waals surface area contributed by atoms with E-state index >= 15 is 0 Å². The van der Waals surface area contributed by atoms with Crippen molar-refractivity contribution >= 4 is 50.0 Å². The van der Waals surface area contributed by atoms with Gasteiger partial charge in [0.15, 0.2) is 0 Å². The van der Waals surface area contributed by atoms with E-state index in [4.69, 9.17) is 20.7 Å². The maximum Gasteiger partial charge on any atom is 0.317 e. The highest BCUT2D eigenvalue weighted by Gasteiger charge is 2.07. The molecule has 104 valence electrons. The van der Waals surface area contributed by atoms with E-state index in [9.17, 15) is 9.59 Å². The number of nitrogens with one attached hydrogen (secondary N) is 2. The maximum atomic E-state index is 10.4. The Morgan fingerprint density at radius 2 is 2.37 bits per heavy atom. The van der Waals surface area contributed by atoms with Crippen LogP contribution in [0.25, 0.3) is 0 Å². The number of anilines is 1. The van der Waals surface area contributed by atoms with Crippen molar-refractivity contribution in [2.45, 2.75) is 4.90 Å². The lowest BCUT2D eigenvalue weighted by molar-refractivity contribution is -0.135. The fourth-order valence-electron chi connectivity index (χ4n) is 1.03. The summed E-state index contributed by atoms with van der Waals surface area (Å²) in [6, 6.07) is 5.05. The third-order valence-electron chi connectivity index (χ3n) is 1.85. The van der Waals surface area contributed by atoms with Gasteiger partial charge in [0.05, 0.1) is 17.3 Å². The molecular formula is C10H12ClN2O4PS. The molecule has 1 aromatic carbocycles. The number of hydrogen-bond donors (Lipinski definition) is 3. The first-order chi connectivity index (χ1) is 9.02. The Morgan fingerprint density at radius 1 is 1.63 bits per heavy atom. The van der Waals surface area contributed by atoms with Crippen LogP contribution in [0, 0.1) is 0 Å². The highest BCUT2D eigenvalue weighted by atomic mass is 35.5. The van der Waals surface area contributed by atoms with Crippen LogP contribution in [-0.2, 0) is 13.6 Å². The van der Waals surface area contributed by atoms with E-state index in [2.05, 4.69) is 10.4 Å². The lowest BCUT2D eigenvalue weighted by atomic mass is 10.3. The number of rotatable bonds is 8. The van der Waals surface area contributed by atoms with Crippen molar-refractivity contribution in [3.63, 3.8) is 0 Å². The van der Waals surface area contributed by atoms with Gasteiger partial charge in [0.25, 0.3) is 0 Å². The maximum absolute atomic E-state index is 10.4. The largest absolute Gasteiger partial charge is 0.480 e. The topological polar surface area (TPSA) is 87.7 Å². The van der Waals surface area contributed by atoms with Crippen molar-refractivity contribution in [2.24, 2.45) is 0 Å². The Labute approximate surface area is 120 Å². The van der Waals surface area contributed by atoms with Gasteiger partial charge in [-0.1, -0.05) is 11.6 Å². The van der Waals surface area contributed by atoms with Crippen molar-refractivity contribution in [2.75, 3.05) is 18.5 Å². The van der Waals surface area contributed by atoms with Crippen molar-refractivity contribution in [1.29, 1.82) is 0 Å². The fourth-order valence-corrected chi connectivity index (χ4v) is 2.98. The third kappa shape index (κ3) is 6.22. The number of carbonyl (C=O) groups excluding carboxylic acids is 1. The Hall–Kier alpha value is -0.850. The minimum atomic E-state index is -1.04. The van der Waals surface area contributed by atoms with E-state index in [1.54, 1.807) is 24.9 Å². The summed E-state index contributed by atoms with van der Waals surface area (Å²) >= 11 is 7.04. The first-order valence-corrected chi connectivity index (χ1v) is 7.89. The Bertz CT molecular complexity index is 463. The molecule has 0 heterocycles. The molecule has 0 saturated carbocycles. The van der Waals surface area contributed by atoms with E-state index in [1.165, 1.54) is 0 Å². The fraction of sp³-hybridized carbons (Fsp3) is 0.200. The van der Waals surface area contributed by atoms with E-state index in [0.29, 0.717) is 17.1 Å². The molecule has 0 bridgehead atoms.